The van der Waals surface area contributed by atoms with Gasteiger partial charge in [-0.3, -0.25) is 0 Å². The van der Waals surface area contributed by atoms with Gasteiger partial charge in [-0.25, -0.2) is 0 Å². The van der Waals surface area contributed by atoms with Gasteiger partial charge in [0.05, 0.1) is 18.4 Å². The first-order chi connectivity index (χ1) is 8.81. The summed E-state index contributed by atoms with van der Waals surface area (Å²) in [5.41, 5.74) is 1.29. The Morgan fingerprint density at radius 1 is 1.33 bits per heavy atom. The van der Waals surface area contributed by atoms with Crippen LogP contribution in [0.1, 0.15) is 32.1 Å². The Bertz CT molecular complexity index is 415. The van der Waals surface area contributed by atoms with Crippen molar-refractivity contribution in [3.05, 3.63) is 24.3 Å². The summed E-state index contributed by atoms with van der Waals surface area (Å²) in [7, 11) is 1.72. The summed E-state index contributed by atoms with van der Waals surface area (Å²) in [5.74, 6) is 0.923. The molecule has 1 atom stereocenters. The Morgan fingerprint density at radius 3 is 2.89 bits per heavy atom. The molecule has 0 aromatic heterocycles. The van der Waals surface area contributed by atoms with Gasteiger partial charge in [0.25, 0.3) is 0 Å². The average molecular weight is 247 g/mol. The Kier molecular flexibility index (Phi) is 3.16. The standard InChI is InChI=1S/C15H21NO2/c1-17-14-6-3-2-5-13(14)16-12-7-10-18-15(11-12)8-4-9-15/h2-3,5-6,12,16H,4,7-11H2,1H3. The van der Waals surface area contributed by atoms with E-state index < -0.39 is 0 Å². The molecule has 3 nitrogen and oxygen atoms in total. The van der Waals surface area contributed by atoms with Gasteiger partial charge in [-0.1, -0.05) is 12.1 Å². The second-order valence-corrected chi connectivity index (χ2v) is 5.42. The smallest absolute Gasteiger partial charge is 0.141 e. The van der Waals surface area contributed by atoms with Gasteiger partial charge in [-0.15, -0.1) is 0 Å². The molecule has 2 fully saturated rings. The van der Waals surface area contributed by atoms with Crippen LogP contribution in [0.15, 0.2) is 24.3 Å². The van der Waals surface area contributed by atoms with Crippen molar-refractivity contribution in [1.82, 2.24) is 0 Å². The molecule has 3 rings (SSSR count). The highest BCUT2D eigenvalue weighted by molar-refractivity contribution is 5.56. The van der Waals surface area contributed by atoms with Gasteiger partial charge in [0, 0.05) is 12.6 Å². The van der Waals surface area contributed by atoms with Crippen LogP contribution in [0.2, 0.25) is 0 Å². The maximum absolute atomic E-state index is 5.95. The van der Waals surface area contributed by atoms with Crippen LogP contribution in [0, 0.1) is 0 Å². The summed E-state index contributed by atoms with van der Waals surface area (Å²) in [5, 5.41) is 3.62. The number of benzene rings is 1. The Morgan fingerprint density at radius 2 is 2.17 bits per heavy atom. The number of ether oxygens (including phenoxy) is 2. The number of nitrogens with one attached hydrogen (secondary N) is 1. The van der Waals surface area contributed by atoms with Crippen LogP contribution in [0.3, 0.4) is 0 Å². The molecule has 98 valence electrons. The molecule has 1 aliphatic heterocycles. The molecule has 1 unspecified atom stereocenters. The molecule has 18 heavy (non-hydrogen) atoms. The fourth-order valence-electron chi connectivity index (χ4n) is 3.05. The van der Waals surface area contributed by atoms with Gasteiger partial charge in [0.15, 0.2) is 0 Å². The number of anilines is 1. The summed E-state index contributed by atoms with van der Waals surface area (Å²) in [6.07, 6.45) is 6.00. The molecule has 1 N–H and O–H groups in total. The summed E-state index contributed by atoms with van der Waals surface area (Å²) in [6.45, 7) is 0.882. The molecule has 3 heteroatoms. The third kappa shape index (κ3) is 2.19. The SMILES string of the molecule is COc1ccccc1NC1CCOC2(CCC2)C1. The van der Waals surface area contributed by atoms with E-state index in [2.05, 4.69) is 11.4 Å². The molecule has 1 saturated carbocycles. The average Bonchev–Trinajstić information content (AvgIpc) is 2.38. The maximum Gasteiger partial charge on any atom is 0.141 e. The molecule has 1 aromatic carbocycles. The van der Waals surface area contributed by atoms with Crippen molar-refractivity contribution in [3.63, 3.8) is 0 Å². The van der Waals surface area contributed by atoms with Crippen LogP contribution >= 0.6 is 0 Å². The monoisotopic (exact) mass is 247 g/mol. The van der Waals surface area contributed by atoms with Gasteiger partial charge in [0.2, 0.25) is 0 Å². The minimum absolute atomic E-state index is 0.192. The zero-order valence-corrected chi connectivity index (χ0v) is 10.9. The maximum atomic E-state index is 5.95. The molecule has 1 spiro atoms. The van der Waals surface area contributed by atoms with E-state index in [-0.39, 0.29) is 5.60 Å². The van der Waals surface area contributed by atoms with E-state index in [0.717, 1.165) is 30.9 Å². The summed E-state index contributed by atoms with van der Waals surface area (Å²) >= 11 is 0. The zero-order valence-electron chi connectivity index (χ0n) is 10.9. The predicted octanol–water partition coefficient (Wildman–Crippen LogP) is 3.21. The first kappa shape index (κ1) is 11.8. The summed E-state index contributed by atoms with van der Waals surface area (Å²) < 4.78 is 11.3. The van der Waals surface area contributed by atoms with Crippen molar-refractivity contribution < 1.29 is 9.47 Å². The van der Waals surface area contributed by atoms with E-state index >= 15 is 0 Å². The molecule has 1 heterocycles. The van der Waals surface area contributed by atoms with Crippen LogP contribution in [0.5, 0.6) is 5.75 Å². The highest BCUT2D eigenvalue weighted by Gasteiger charge is 2.42. The third-order valence-electron chi connectivity index (χ3n) is 4.22. The molecule has 0 bridgehead atoms. The quantitative estimate of drug-likeness (QED) is 0.889. The molecule has 2 aliphatic rings. The lowest BCUT2D eigenvalue weighted by atomic mass is 9.74. The van der Waals surface area contributed by atoms with E-state index in [1.54, 1.807) is 7.11 Å². The lowest BCUT2D eigenvalue weighted by Crippen LogP contribution is -2.49. The van der Waals surface area contributed by atoms with Crippen molar-refractivity contribution in [1.29, 1.82) is 0 Å². The first-order valence-corrected chi connectivity index (χ1v) is 6.85. The van der Waals surface area contributed by atoms with E-state index in [1.807, 2.05) is 18.2 Å². The van der Waals surface area contributed by atoms with Crippen LogP contribution in [-0.2, 0) is 4.74 Å². The van der Waals surface area contributed by atoms with Crippen LogP contribution in [0.25, 0.3) is 0 Å². The largest absolute Gasteiger partial charge is 0.495 e. The van der Waals surface area contributed by atoms with Gasteiger partial charge in [-0.2, -0.15) is 0 Å². The number of methoxy groups -OCH3 is 1. The Balaban J connectivity index is 1.68. The lowest BCUT2D eigenvalue weighted by Gasteiger charge is -2.47. The van der Waals surface area contributed by atoms with E-state index in [4.69, 9.17) is 9.47 Å². The summed E-state index contributed by atoms with van der Waals surface area (Å²) in [4.78, 5) is 0. The predicted molar refractivity (Wildman–Crippen MR) is 72.2 cm³/mol. The second kappa shape index (κ2) is 4.81. The minimum atomic E-state index is 0.192. The van der Waals surface area contributed by atoms with E-state index in [1.165, 1.54) is 19.3 Å². The topological polar surface area (TPSA) is 30.5 Å². The normalized spacial score (nSPS) is 25.5. The molecule has 1 saturated heterocycles. The van der Waals surface area contributed by atoms with Crippen molar-refractivity contribution in [2.45, 2.75) is 43.7 Å². The number of hydrogen-bond acceptors (Lipinski definition) is 3. The molecule has 0 amide bonds. The van der Waals surface area contributed by atoms with Gasteiger partial charge in [0.1, 0.15) is 5.75 Å². The van der Waals surface area contributed by atoms with E-state index in [0.29, 0.717) is 6.04 Å². The van der Waals surface area contributed by atoms with Crippen LogP contribution in [-0.4, -0.2) is 25.4 Å². The molecule has 0 radical (unpaired) electrons. The molecular formula is C15H21NO2. The lowest BCUT2D eigenvalue weighted by molar-refractivity contribution is -0.130. The van der Waals surface area contributed by atoms with Crippen molar-refractivity contribution in [2.75, 3.05) is 19.0 Å². The van der Waals surface area contributed by atoms with Crippen LogP contribution < -0.4 is 10.1 Å². The fourth-order valence-corrected chi connectivity index (χ4v) is 3.05. The Hall–Kier alpha value is -1.22. The molecule has 1 aliphatic carbocycles. The second-order valence-electron chi connectivity index (χ2n) is 5.42. The van der Waals surface area contributed by atoms with Gasteiger partial charge in [-0.05, 0) is 44.2 Å². The van der Waals surface area contributed by atoms with Crippen molar-refractivity contribution in [3.8, 4) is 5.75 Å². The number of rotatable bonds is 3. The van der Waals surface area contributed by atoms with E-state index in [9.17, 15) is 0 Å². The minimum Gasteiger partial charge on any atom is -0.495 e. The summed E-state index contributed by atoms with van der Waals surface area (Å²) in [6, 6.07) is 8.64. The van der Waals surface area contributed by atoms with Crippen LogP contribution in [0.4, 0.5) is 5.69 Å². The highest BCUT2D eigenvalue weighted by Crippen LogP contribution is 2.43. The van der Waals surface area contributed by atoms with Crippen molar-refractivity contribution in [2.24, 2.45) is 0 Å². The number of hydrogen-bond donors (Lipinski definition) is 1. The molecular weight excluding hydrogens is 226 g/mol. The van der Waals surface area contributed by atoms with Crippen molar-refractivity contribution >= 4 is 5.69 Å². The van der Waals surface area contributed by atoms with Gasteiger partial charge < -0.3 is 14.8 Å². The number of para-hydroxylation sites is 2. The van der Waals surface area contributed by atoms with Gasteiger partial charge >= 0.3 is 0 Å². The molecule has 1 aromatic rings. The third-order valence-corrected chi connectivity index (χ3v) is 4.22. The zero-order chi connectivity index (χ0) is 12.4. The Labute approximate surface area is 108 Å². The first-order valence-electron chi connectivity index (χ1n) is 6.85. The highest BCUT2D eigenvalue weighted by atomic mass is 16.5. The fraction of sp³-hybridized carbons (Fsp3) is 0.600.